The molecule has 90 valence electrons. The van der Waals surface area contributed by atoms with Gasteiger partial charge in [-0.25, -0.2) is 4.99 Å². The summed E-state index contributed by atoms with van der Waals surface area (Å²) in [7, 11) is 0. The molecule has 0 spiro atoms. The van der Waals surface area contributed by atoms with Crippen LogP contribution in [0.5, 0.6) is 0 Å². The molecule has 0 aromatic heterocycles. The van der Waals surface area contributed by atoms with E-state index in [9.17, 15) is 0 Å². The number of benzene rings is 2. The molecule has 18 heavy (non-hydrogen) atoms. The number of nitrogens with two attached hydrogens (primary N) is 1. The van der Waals surface area contributed by atoms with Crippen molar-refractivity contribution in [2.45, 2.75) is 5.66 Å². The molecule has 3 rings (SSSR count). The maximum Gasteiger partial charge on any atom is 0.199 e. The molecule has 3 N–H and O–H groups in total. The number of aliphatic imine (C=N–C) groups is 1. The number of anilines is 1. The van der Waals surface area contributed by atoms with E-state index < -0.39 is 5.66 Å². The Hall–Kier alpha value is -2.33. The molecule has 1 heterocycles. The number of para-hydroxylation sites is 1. The molecule has 1 aliphatic rings. The molecule has 1 unspecified atom stereocenters. The first kappa shape index (κ1) is 10.8. The second kappa shape index (κ2) is 4.16. The van der Waals surface area contributed by atoms with Gasteiger partial charge in [-0.05, 0) is 6.07 Å². The van der Waals surface area contributed by atoms with Crippen molar-refractivity contribution >= 4 is 12.1 Å². The van der Waals surface area contributed by atoms with Gasteiger partial charge in [-0.1, -0.05) is 48.5 Å². The summed E-state index contributed by atoms with van der Waals surface area (Å²) < 4.78 is 0. The van der Waals surface area contributed by atoms with Crippen molar-refractivity contribution in [3.05, 3.63) is 65.7 Å². The smallest absolute Gasteiger partial charge is 0.199 e. The topological polar surface area (TPSA) is 59.6 Å². The molecule has 0 saturated heterocycles. The van der Waals surface area contributed by atoms with Crippen LogP contribution in [0.15, 0.2) is 59.6 Å². The van der Waals surface area contributed by atoms with Gasteiger partial charge in [0, 0.05) is 16.8 Å². The minimum absolute atomic E-state index is 0.677. The number of rotatable bonds is 2. The van der Waals surface area contributed by atoms with E-state index in [2.05, 4.69) is 10.5 Å². The summed E-state index contributed by atoms with van der Waals surface area (Å²) in [5.74, 6) is 0. The quantitative estimate of drug-likeness (QED) is 0.788. The molecule has 1 atom stereocenters. The van der Waals surface area contributed by atoms with E-state index in [0.29, 0.717) is 5.69 Å². The number of hydrogen-bond donors (Lipinski definition) is 2. The first-order chi connectivity index (χ1) is 8.83. The lowest BCUT2D eigenvalue weighted by Gasteiger charge is -2.26. The molecule has 1 aliphatic heterocycles. The molecule has 4 heteroatoms. The second-order valence-corrected chi connectivity index (χ2v) is 4.12. The Morgan fingerprint density at radius 2 is 1.72 bits per heavy atom. The van der Waals surface area contributed by atoms with E-state index in [1.807, 2.05) is 54.6 Å². The molecule has 0 aliphatic carbocycles. The average Bonchev–Trinajstić information content (AvgIpc) is 2.91. The summed E-state index contributed by atoms with van der Waals surface area (Å²) in [4.78, 5) is 9.56. The minimum Gasteiger partial charge on any atom is -0.398 e. The van der Waals surface area contributed by atoms with Crippen molar-refractivity contribution in [3.63, 3.8) is 0 Å². The highest BCUT2D eigenvalue weighted by Crippen LogP contribution is 2.36. The Bertz CT molecular complexity index is 583. The van der Waals surface area contributed by atoms with Gasteiger partial charge in [-0.15, -0.1) is 5.48 Å². The molecule has 0 radical (unpaired) electrons. The lowest BCUT2D eigenvalue weighted by Crippen LogP contribution is -2.37. The van der Waals surface area contributed by atoms with E-state index in [-0.39, 0.29) is 0 Å². The lowest BCUT2D eigenvalue weighted by molar-refractivity contribution is 0.147. The second-order valence-electron chi connectivity index (χ2n) is 4.12. The largest absolute Gasteiger partial charge is 0.398 e. The molecule has 2 aromatic carbocycles. The molecule has 0 bridgehead atoms. The summed E-state index contributed by atoms with van der Waals surface area (Å²) in [6, 6.07) is 17.5. The third kappa shape index (κ3) is 1.55. The predicted octanol–water partition coefficient (Wildman–Crippen LogP) is 2.03. The van der Waals surface area contributed by atoms with Crippen LogP contribution in [0.3, 0.4) is 0 Å². The van der Waals surface area contributed by atoms with Crippen LogP contribution < -0.4 is 11.2 Å². The molecule has 4 nitrogen and oxygen atoms in total. The summed E-state index contributed by atoms with van der Waals surface area (Å²) in [5.41, 5.74) is 10.8. The summed E-state index contributed by atoms with van der Waals surface area (Å²) in [6.07, 6.45) is 1.40. The fourth-order valence-corrected chi connectivity index (χ4v) is 2.16. The Balaban J connectivity index is 2.20. The standard InChI is InChI=1S/C14H13N3O/c15-13-9-5-4-8-12(13)14(16-10-18-17-14)11-6-2-1-3-7-11/h1-10,17H,15H2. The van der Waals surface area contributed by atoms with Crippen LogP contribution in [-0.4, -0.2) is 6.40 Å². The lowest BCUT2D eigenvalue weighted by atomic mass is 9.91. The zero-order valence-corrected chi connectivity index (χ0v) is 9.71. The molecule has 0 amide bonds. The third-order valence-corrected chi connectivity index (χ3v) is 3.05. The van der Waals surface area contributed by atoms with Gasteiger partial charge in [0.05, 0.1) is 0 Å². The van der Waals surface area contributed by atoms with Gasteiger partial charge in [0.25, 0.3) is 0 Å². The van der Waals surface area contributed by atoms with Crippen LogP contribution in [0.1, 0.15) is 11.1 Å². The highest BCUT2D eigenvalue weighted by atomic mass is 16.7. The van der Waals surface area contributed by atoms with Gasteiger partial charge in [0.1, 0.15) is 0 Å². The first-order valence-electron chi connectivity index (χ1n) is 5.70. The van der Waals surface area contributed by atoms with Crippen LogP contribution >= 0.6 is 0 Å². The highest BCUT2D eigenvalue weighted by Gasteiger charge is 2.38. The fraction of sp³-hybridized carbons (Fsp3) is 0.0714. The molecule has 2 aromatic rings. The number of hydrogen-bond acceptors (Lipinski definition) is 4. The van der Waals surface area contributed by atoms with Crippen LogP contribution in [-0.2, 0) is 10.5 Å². The predicted molar refractivity (Wildman–Crippen MR) is 70.8 cm³/mol. The Morgan fingerprint density at radius 3 is 2.39 bits per heavy atom. The van der Waals surface area contributed by atoms with Gasteiger partial charge in [-0.3, -0.25) is 0 Å². The number of nitrogens with one attached hydrogen (secondary N) is 1. The van der Waals surface area contributed by atoms with Crippen LogP contribution in [0.2, 0.25) is 0 Å². The van der Waals surface area contributed by atoms with E-state index in [1.165, 1.54) is 6.40 Å². The van der Waals surface area contributed by atoms with Gasteiger partial charge in [-0.2, -0.15) is 0 Å². The van der Waals surface area contributed by atoms with Gasteiger partial charge in [0.2, 0.25) is 0 Å². The van der Waals surface area contributed by atoms with Crippen LogP contribution in [0.25, 0.3) is 0 Å². The Labute approximate surface area is 105 Å². The number of nitrogen functional groups attached to an aromatic ring is 1. The van der Waals surface area contributed by atoms with Gasteiger partial charge >= 0.3 is 0 Å². The van der Waals surface area contributed by atoms with Crippen LogP contribution in [0, 0.1) is 0 Å². The minimum atomic E-state index is -0.757. The fourth-order valence-electron chi connectivity index (χ4n) is 2.16. The molecule has 0 fully saturated rings. The van der Waals surface area contributed by atoms with Crippen molar-refractivity contribution in [1.29, 1.82) is 0 Å². The van der Waals surface area contributed by atoms with Crippen molar-refractivity contribution in [2.75, 3.05) is 5.73 Å². The van der Waals surface area contributed by atoms with E-state index >= 15 is 0 Å². The van der Waals surface area contributed by atoms with Crippen molar-refractivity contribution in [1.82, 2.24) is 5.48 Å². The van der Waals surface area contributed by atoms with Crippen LogP contribution in [0.4, 0.5) is 5.69 Å². The average molecular weight is 239 g/mol. The molecular formula is C14H13N3O. The maximum absolute atomic E-state index is 6.05. The Kier molecular flexibility index (Phi) is 2.50. The first-order valence-corrected chi connectivity index (χ1v) is 5.70. The monoisotopic (exact) mass is 239 g/mol. The van der Waals surface area contributed by atoms with Crippen molar-refractivity contribution in [2.24, 2.45) is 4.99 Å². The van der Waals surface area contributed by atoms with Crippen molar-refractivity contribution < 1.29 is 4.84 Å². The highest BCUT2D eigenvalue weighted by molar-refractivity contribution is 5.60. The van der Waals surface area contributed by atoms with E-state index in [0.717, 1.165) is 11.1 Å². The maximum atomic E-state index is 6.05. The van der Waals surface area contributed by atoms with E-state index in [1.54, 1.807) is 0 Å². The normalized spacial score (nSPS) is 21.8. The molecular weight excluding hydrogens is 226 g/mol. The SMILES string of the molecule is Nc1ccccc1C1(c2ccccc2)N=CON1. The summed E-state index contributed by atoms with van der Waals surface area (Å²) >= 11 is 0. The third-order valence-electron chi connectivity index (χ3n) is 3.05. The number of hydroxylamine groups is 1. The van der Waals surface area contributed by atoms with Gasteiger partial charge < -0.3 is 10.6 Å². The Morgan fingerprint density at radius 1 is 1.00 bits per heavy atom. The van der Waals surface area contributed by atoms with Gasteiger partial charge in [0.15, 0.2) is 12.1 Å². The summed E-state index contributed by atoms with van der Waals surface area (Å²) in [5, 5.41) is 0. The molecule has 0 saturated carbocycles. The van der Waals surface area contributed by atoms with E-state index in [4.69, 9.17) is 10.6 Å². The van der Waals surface area contributed by atoms with Crippen molar-refractivity contribution in [3.8, 4) is 0 Å². The zero-order valence-electron chi connectivity index (χ0n) is 9.71. The number of nitrogens with zero attached hydrogens (tertiary/aromatic N) is 1. The zero-order chi connectivity index (χ0) is 12.4. The summed E-state index contributed by atoms with van der Waals surface area (Å²) in [6.45, 7) is 0.